The number of halogens is 4. The van der Waals surface area contributed by atoms with Crippen LogP contribution < -0.4 is 15.4 Å². The highest BCUT2D eigenvalue weighted by Crippen LogP contribution is 2.30. The summed E-state index contributed by atoms with van der Waals surface area (Å²) in [5.74, 6) is -4.49. The van der Waals surface area contributed by atoms with Gasteiger partial charge in [-0.05, 0) is 46.9 Å². The summed E-state index contributed by atoms with van der Waals surface area (Å²) in [5, 5.41) is 5.35. The number of carbonyl (C=O) groups excluding carboxylic acids is 3. The summed E-state index contributed by atoms with van der Waals surface area (Å²) in [7, 11) is 1.42. The SMILES string of the molecule is COc1cccc([C@@H](NC(=O)CC(c2ccccc2)c2cccc(Cl)c2)C(=O)N[C@H](C(=O)C(F)(F)F)C(C)C)c1. The maximum Gasteiger partial charge on any atom is 0.452 e. The molecule has 0 fully saturated rings. The first kappa shape index (κ1) is 30.7. The number of methoxy groups -OCH3 is 1. The molecule has 3 aromatic carbocycles. The van der Waals surface area contributed by atoms with Gasteiger partial charge in [0.05, 0.1) is 13.2 Å². The predicted molar refractivity (Wildman–Crippen MR) is 146 cm³/mol. The third-order valence-corrected chi connectivity index (χ3v) is 6.60. The molecular weight excluding hydrogens is 545 g/mol. The molecule has 1 unspecified atom stereocenters. The number of benzene rings is 3. The molecule has 2 amide bonds. The molecule has 0 bridgehead atoms. The summed E-state index contributed by atoms with van der Waals surface area (Å²) in [4.78, 5) is 38.9. The average molecular weight is 575 g/mol. The van der Waals surface area contributed by atoms with Crippen LogP contribution in [0.25, 0.3) is 0 Å². The molecule has 0 heterocycles. The maximum absolute atomic E-state index is 13.4. The molecule has 2 N–H and O–H groups in total. The normalized spacial score (nSPS) is 13.7. The molecule has 0 spiro atoms. The van der Waals surface area contributed by atoms with Gasteiger partial charge in [-0.1, -0.05) is 80.0 Å². The minimum atomic E-state index is -5.14. The Hall–Kier alpha value is -3.85. The highest BCUT2D eigenvalue weighted by atomic mass is 35.5. The molecule has 40 heavy (non-hydrogen) atoms. The number of ketones is 1. The number of rotatable bonds is 11. The minimum absolute atomic E-state index is 0.0901. The number of carbonyl (C=O) groups is 3. The van der Waals surface area contributed by atoms with Gasteiger partial charge in [-0.15, -0.1) is 0 Å². The zero-order chi connectivity index (χ0) is 29.4. The first-order chi connectivity index (χ1) is 18.9. The van der Waals surface area contributed by atoms with E-state index in [1.807, 2.05) is 36.4 Å². The predicted octanol–water partition coefficient (Wildman–Crippen LogP) is 6.00. The maximum atomic E-state index is 13.4. The molecule has 10 heteroatoms. The summed E-state index contributed by atoms with van der Waals surface area (Å²) >= 11 is 6.21. The van der Waals surface area contributed by atoms with Crippen LogP contribution in [0.4, 0.5) is 13.2 Å². The smallest absolute Gasteiger partial charge is 0.452 e. The van der Waals surface area contributed by atoms with Crippen molar-refractivity contribution in [3.05, 3.63) is 101 Å². The Kier molecular flexibility index (Phi) is 10.3. The van der Waals surface area contributed by atoms with Gasteiger partial charge >= 0.3 is 6.18 Å². The molecule has 3 atom stereocenters. The lowest BCUT2D eigenvalue weighted by molar-refractivity contribution is -0.175. The molecule has 0 aliphatic carbocycles. The summed E-state index contributed by atoms with van der Waals surface area (Å²) in [6.45, 7) is 2.78. The van der Waals surface area contributed by atoms with E-state index in [4.69, 9.17) is 16.3 Å². The van der Waals surface area contributed by atoms with Crippen LogP contribution in [0.5, 0.6) is 5.75 Å². The summed E-state index contributed by atoms with van der Waals surface area (Å²) in [6.07, 6.45) is -5.23. The molecule has 0 aliphatic heterocycles. The van der Waals surface area contributed by atoms with Crippen LogP contribution in [0.15, 0.2) is 78.9 Å². The van der Waals surface area contributed by atoms with Crippen molar-refractivity contribution < 1.29 is 32.3 Å². The second kappa shape index (κ2) is 13.5. The molecule has 6 nitrogen and oxygen atoms in total. The zero-order valence-corrected chi connectivity index (χ0v) is 22.9. The van der Waals surface area contributed by atoms with Gasteiger partial charge in [-0.3, -0.25) is 14.4 Å². The van der Waals surface area contributed by atoms with E-state index in [1.54, 1.807) is 30.3 Å². The van der Waals surface area contributed by atoms with Crippen LogP contribution >= 0.6 is 11.6 Å². The average Bonchev–Trinajstić information content (AvgIpc) is 2.92. The number of hydrogen-bond donors (Lipinski definition) is 2. The van der Waals surface area contributed by atoms with Crippen LogP contribution in [-0.4, -0.2) is 36.9 Å². The molecule has 212 valence electrons. The van der Waals surface area contributed by atoms with Crippen LogP contribution in [0.1, 0.15) is 48.9 Å². The van der Waals surface area contributed by atoms with Crippen molar-refractivity contribution in [2.75, 3.05) is 7.11 Å². The third-order valence-electron chi connectivity index (χ3n) is 6.36. The van der Waals surface area contributed by atoms with E-state index >= 15 is 0 Å². The van der Waals surface area contributed by atoms with Crippen molar-refractivity contribution >= 4 is 29.2 Å². The first-order valence-corrected chi connectivity index (χ1v) is 12.9. The fourth-order valence-electron chi connectivity index (χ4n) is 4.31. The van der Waals surface area contributed by atoms with Crippen LogP contribution in [0.2, 0.25) is 5.02 Å². The zero-order valence-electron chi connectivity index (χ0n) is 22.2. The van der Waals surface area contributed by atoms with Crippen molar-refractivity contribution in [2.45, 2.75) is 44.4 Å². The molecule has 3 rings (SSSR count). The van der Waals surface area contributed by atoms with E-state index in [-0.39, 0.29) is 12.0 Å². The van der Waals surface area contributed by atoms with E-state index in [0.29, 0.717) is 10.8 Å². The van der Waals surface area contributed by atoms with E-state index in [0.717, 1.165) is 11.1 Å². The number of amides is 2. The van der Waals surface area contributed by atoms with Gasteiger partial charge in [0, 0.05) is 17.4 Å². The Balaban J connectivity index is 1.94. The molecular formula is C30H30ClF3N2O4. The Morgan fingerprint density at radius 1 is 0.850 bits per heavy atom. The largest absolute Gasteiger partial charge is 0.497 e. The quantitative estimate of drug-likeness (QED) is 0.294. The number of hydrogen-bond acceptors (Lipinski definition) is 4. The van der Waals surface area contributed by atoms with E-state index in [9.17, 15) is 27.6 Å². The molecule has 0 saturated carbocycles. The summed E-state index contributed by atoms with van der Waals surface area (Å²) in [5.41, 5.74) is 1.87. The number of ether oxygens (including phenoxy) is 1. The fourth-order valence-corrected chi connectivity index (χ4v) is 4.51. The lowest BCUT2D eigenvalue weighted by Gasteiger charge is -2.26. The van der Waals surface area contributed by atoms with Crippen molar-refractivity contribution in [1.29, 1.82) is 0 Å². The Morgan fingerprint density at radius 3 is 2.08 bits per heavy atom. The number of Topliss-reactive ketones (excluding diaryl/α,β-unsaturated/α-hetero) is 1. The van der Waals surface area contributed by atoms with Crippen molar-refractivity contribution in [1.82, 2.24) is 10.6 Å². The molecule has 0 aliphatic rings. The third kappa shape index (κ3) is 8.08. The van der Waals surface area contributed by atoms with Gasteiger partial charge in [0.2, 0.25) is 11.8 Å². The van der Waals surface area contributed by atoms with E-state index in [1.165, 1.54) is 33.1 Å². The topological polar surface area (TPSA) is 84.5 Å². The van der Waals surface area contributed by atoms with Gasteiger partial charge in [-0.25, -0.2) is 0 Å². The monoisotopic (exact) mass is 574 g/mol. The van der Waals surface area contributed by atoms with Gasteiger partial charge < -0.3 is 15.4 Å². The first-order valence-electron chi connectivity index (χ1n) is 12.6. The number of alkyl halides is 3. The van der Waals surface area contributed by atoms with Crippen LogP contribution in [-0.2, 0) is 14.4 Å². The van der Waals surface area contributed by atoms with Crippen molar-refractivity contribution in [2.24, 2.45) is 5.92 Å². The fraction of sp³-hybridized carbons (Fsp3) is 0.300. The molecule has 0 saturated heterocycles. The Morgan fingerprint density at radius 2 is 1.48 bits per heavy atom. The molecule has 0 aromatic heterocycles. The number of nitrogens with one attached hydrogen (secondary N) is 2. The molecule has 0 radical (unpaired) electrons. The second-order valence-corrected chi connectivity index (χ2v) is 10.0. The van der Waals surface area contributed by atoms with Gasteiger partial charge in [-0.2, -0.15) is 13.2 Å². The lowest BCUT2D eigenvalue weighted by atomic mass is 9.88. The lowest BCUT2D eigenvalue weighted by Crippen LogP contribution is -2.52. The summed E-state index contributed by atoms with van der Waals surface area (Å²) < 4.78 is 44.9. The van der Waals surface area contributed by atoms with Crippen molar-refractivity contribution in [3.8, 4) is 5.75 Å². The standard InChI is InChI=1S/C30H30ClF3N2O4/c1-18(2)26(28(38)30(32,33)34)36-29(39)27(21-12-8-14-23(16-21)40-3)35-25(37)17-24(19-9-5-4-6-10-19)20-11-7-13-22(31)15-20/h4-16,18,24,26-27H,17H2,1-3H3,(H,35,37)(H,36,39)/t24?,26-,27+/m0/s1. The minimum Gasteiger partial charge on any atom is -0.497 e. The highest BCUT2D eigenvalue weighted by Gasteiger charge is 2.45. The summed E-state index contributed by atoms with van der Waals surface area (Å²) in [6, 6.07) is 19.3. The van der Waals surface area contributed by atoms with Crippen LogP contribution in [0.3, 0.4) is 0 Å². The van der Waals surface area contributed by atoms with Gasteiger partial charge in [0.1, 0.15) is 11.8 Å². The molecule has 3 aromatic rings. The van der Waals surface area contributed by atoms with E-state index in [2.05, 4.69) is 10.6 Å². The Labute approximate surface area is 235 Å². The van der Waals surface area contributed by atoms with Gasteiger partial charge in [0.25, 0.3) is 5.78 Å². The van der Waals surface area contributed by atoms with E-state index < -0.39 is 47.7 Å². The highest BCUT2D eigenvalue weighted by molar-refractivity contribution is 6.30. The van der Waals surface area contributed by atoms with Crippen molar-refractivity contribution in [3.63, 3.8) is 0 Å². The van der Waals surface area contributed by atoms with Crippen LogP contribution in [0, 0.1) is 5.92 Å². The second-order valence-electron chi connectivity index (χ2n) is 9.59. The Bertz CT molecular complexity index is 1330. The van der Waals surface area contributed by atoms with Gasteiger partial charge in [0.15, 0.2) is 0 Å².